The molecule has 0 saturated heterocycles. The van der Waals surface area contributed by atoms with Gasteiger partial charge in [-0.15, -0.1) is 0 Å². The largest absolute Gasteiger partial charge is 0.465 e. The van der Waals surface area contributed by atoms with E-state index in [4.69, 9.17) is 15.6 Å². The molecule has 0 bridgehead atoms. The molecule has 2 aliphatic rings. The molecule has 1 aromatic carbocycles. The average Bonchev–Trinajstić information content (AvgIpc) is 2.88. The van der Waals surface area contributed by atoms with Crippen LogP contribution >= 0.6 is 11.8 Å². The second-order valence-corrected chi connectivity index (χ2v) is 7.04. The first kappa shape index (κ1) is 17.0. The molecular formula is C16H20FN3O3S. The van der Waals surface area contributed by atoms with Crippen LogP contribution in [-0.2, 0) is 10.3 Å². The molecule has 1 amide bonds. The highest BCUT2D eigenvalue weighted by molar-refractivity contribution is 8.13. The van der Waals surface area contributed by atoms with Gasteiger partial charge >= 0.3 is 6.09 Å². The van der Waals surface area contributed by atoms with E-state index in [1.54, 1.807) is 6.07 Å². The van der Waals surface area contributed by atoms with Gasteiger partial charge in [0.05, 0.1) is 11.6 Å². The quantitative estimate of drug-likeness (QED) is 0.726. The van der Waals surface area contributed by atoms with Crippen molar-refractivity contribution >= 4 is 28.7 Å². The monoisotopic (exact) mass is 353 g/mol. The van der Waals surface area contributed by atoms with Gasteiger partial charge in [-0.1, -0.05) is 11.8 Å². The standard InChI is InChI=1S/C16H20FN3O3S/c1-2-23-11-5-9-8-24-14(19-15(21)22)20-16(9,7-11)12-6-10(18)3-4-13(12)17/h3-4,6,9,11H,2,5,7-8,18H2,1H3,(H,19,20)(H,21,22)/t9-,11+,16-/m0/s1. The Balaban J connectivity index is 2.07. The number of rotatable bonds is 3. The summed E-state index contributed by atoms with van der Waals surface area (Å²) in [6, 6.07) is 4.46. The van der Waals surface area contributed by atoms with Gasteiger partial charge in [0.25, 0.3) is 0 Å². The van der Waals surface area contributed by atoms with Crippen molar-refractivity contribution in [3.63, 3.8) is 0 Å². The lowest BCUT2D eigenvalue weighted by molar-refractivity contribution is 0.0629. The molecule has 6 nitrogen and oxygen atoms in total. The summed E-state index contributed by atoms with van der Waals surface area (Å²) in [4.78, 5) is 15.6. The topological polar surface area (TPSA) is 96.9 Å². The number of hydrogen-bond donors (Lipinski definition) is 3. The summed E-state index contributed by atoms with van der Waals surface area (Å²) in [5, 5.41) is 11.6. The van der Waals surface area contributed by atoms with E-state index >= 15 is 0 Å². The molecule has 0 unspecified atom stereocenters. The number of carboxylic acid groups (broad SMARTS) is 1. The zero-order valence-corrected chi connectivity index (χ0v) is 14.1. The molecule has 0 radical (unpaired) electrons. The summed E-state index contributed by atoms with van der Waals surface area (Å²) in [6.45, 7) is 2.50. The number of fused-ring (bicyclic) bond motifs is 1. The molecule has 0 aromatic heterocycles. The molecule has 3 rings (SSSR count). The Kier molecular flexibility index (Phi) is 4.69. The third-order valence-corrected chi connectivity index (χ3v) is 5.59. The lowest BCUT2D eigenvalue weighted by Crippen LogP contribution is -2.40. The summed E-state index contributed by atoms with van der Waals surface area (Å²) < 4.78 is 20.3. The Morgan fingerprint density at radius 2 is 2.42 bits per heavy atom. The summed E-state index contributed by atoms with van der Waals surface area (Å²) in [5.74, 6) is 0.336. The summed E-state index contributed by atoms with van der Waals surface area (Å²) in [5.41, 5.74) is 5.89. The number of nitrogens with zero attached hydrogens (tertiary/aromatic N) is 1. The molecule has 3 atom stereocenters. The molecule has 1 heterocycles. The second-order valence-electron chi connectivity index (χ2n) is 6.04. The van der Waals surface area contributed by atoms with Gasteiger partial charge in [0.15, 0.2) is 5.17 Å². The minimum absolute atomic E-state index is 0.0330. The maximum Gasteiger partial charge on any atom is 0.410 e. The van der Waals surface area contributed by atoms with E-state index in [-0.39, 0.29) is 23.0 Å². The van der Waals surface area contributed by atoms with Gasteiger partial charge < -0.3 is 15.6 Å². The van der Waals surface area contributed by atoms with E-state index in [2.05, 4.69) is 10.3 Å². The van der Waals surface area contributed by atoms with Crippen molar-refractivity contribution in [1.82, 2.24) is 5.32 Å². The SMILES string of the molecule is CCO[C@@H]1C[C@H]2CSC(NC(=O)O)=N[C@@]2(c2cc(N)ccc2F)C1. The maximum atomic E-state index is 14.6. The zero-order valence-electron chi connectivity index (χ0n) is 13.3. The van der Waals surface area contributed by atoms with Crippen LogP contribution in [0, 0.1) is 11.7 Å². The van der Waals surface area contributed by atoms with Crippen LogP contribution in [0.5, 0.6) is 0 Å². The molecule has 0 spiro atoms. The molecule has 1 aromatic rings. The number of nitrogens with one attached hydrogen (secondary N) is 1. The fraction of sp³-hybridized carbons (Fsp3) is 0.500. The average molecular weight is 353 g/mol. The highest BCUT2D eigenvalue weighted by Crippen LogP contribution is 2.52. The van der Waals surface area contributed by atoms with Crippen LogP contribution in [0.3, 0.4) is 0 Å². The van der Waals surface area contributed by atoms with Crippen LogP contribution in [0.15, 0.2) is 23.2 Å². The van der Waals surface area contributed by atoms with Crippen molar-refractivity contribution in [2.75, 3.05) is 18.1 Å². The molecule has 1 aliphatic heterocycles. The van der Waals surface area contributed by atoms with Crippen LogP contribution in [0.4, 0.5) is 14.9 Å². The van der Waals surface area contributed by atoms with E-state index in [0.717, 1.165) is 6.42 Å². The smallest absolute Gasteiger partial charge is 0.410 e. The van der Waals surface area contributed by atoms with Crippen LogP contribution in [0.2, 0.25) is 0 Å². The lowest BCUT2D eigenvalue weighted by Gasteiger charge is -2.36. The Bertz CT molecular complexity index is 685. The van der Waals surface area contributed by atoms with Crippen molar-refractivity contribution in [1.29, 1.82) is 0 Å². The summed E-state index contributed by atoms with van der Waals surface area (Å²) in [6.07, 6.45) is 0.0625. The van der Waals surface area contributed by atoms with Gasteiger partial charge in [0.1, 0.15) is 5.82 Å². The Hall–Kier alpha value is -1.80. The number of hydrogen-bond acceptors (Lipinski definition) is 5. The first-order valence-corrected chi connectivity index (χ1v) is 8.83. The van der Waals surface area contributed by atoms with Gasteiger partial charge in [-0.3, -0.25) is 10.3 Å². The predicted octanol–water partition coefficient (Wildman–Crippen LogP) is 2.79. The predicted molar refractivity (Wildman–Crippen MR) is 91.7 cm³/mol. The van der Waals surface area contributed by atoms with Crippen LogP contribution < -0.4 is 11.1 Å². The number of benzene rings is 1. The van der Waals surface area contributed by atoms with Gasteiger partial charge in [-0.2, -0.15) is 0 Å². The molecule has 130 valence electrons. The van der Waals surface area contributed by atoms with Gasteiger partial charge in [0.2, 0.25) is 0 Å². The number of amidine groups is 1. The van der Waals surface area contributed by atoms with Crippen molar-refractivity contribution in [2.45, 2.75) is 31.4 Å². The summed E-state index contributed by atoms with van der Waals surface area (Å²) in [7, 11) is 0. The van der Waals surface area contributed by atoms with Gasteiger partial charge in [0, 0.05) is 35.9 Å². The summed E-state index contributed by atoms with van der Waals surface area (Å²) >= 11 is 1.34. The number of ether oxygens (including phenoxy) is 1. The molecular weight excluding hydrogens is 333 g/mol. The van der Waals surface area contributed by atoms with Crippen molar-refractivity contribution in [3.8, 4) is 0 Å². The molecule has 4 N–H and O–H groups in total. The van der Waals surface area contributed by atoms with Crippen LogP contribution in [0.1, 0.15) is 25.3 Å². The normalized spacial score (nSPS) is 29.0. The Morgan fingerprint density at radius 3 is 3.12 bits per heavy atom. The van der Waals surface area contributed by atoms with E-state index in [0.29, 0.717) is 30.0 Å². The molecule has 8 heteroatoms. The highest BCUT2D eigenvalue weighted by Gasteiger charge is 2.52. The number of amides is 1. The number of thioether (sulfide) groups is 1. The number of halogens is 1. The number of nitrogens with two attached hydrogens (primary N) is 1. The lowest BCUT2D eigenvalue weighted by atomic mass is 9.81. The second kappa shape index (κ2) is 6.60. The first-order valence-electron chi connectivity index (χ1n) is 7.84. The molecule has 1 saturated carbocycles. The third-order valence-electron chi connectivity index (χ3n) is 4.56. The first-order chi connectivity index (χ1) is 11.4. The van der Waals surface area contributed by atoms with E-state index in [9.17, 15) is 9.18 Å². The van der Waals surface area contributed by atoms with Crippen LogP contribution in [-0.4, -0.2) is 34.8 Å². The number of aliphatic imine (C=N–C) groups is 1. The van der Waals surface area contributed by atoms with E-state index < -0.39 is 11.6 Å². The Morgan fingerprint density at radius 1 is 1.62 bits per heavy atom. The number of nitrogen functional groups attached to an aromatic ring is 1. The molecule has 1 fully saturated rings. The Labute approximate surface area is 143 Å². The molecule has 1 aliphatic carbocycles. The van der Waals surface area contributed by atoms with E-state index in [1.165, 1.54) is 23.9 Å². The fourth-order valence-corrected chi connectivity index (χ4v) is 4.79. The molecule has 24 heavy (non-hydrogen) atoms. The van der Waals surface area contributed by atoms with Crippen molar-refractivity contribution < 1.29 is 19.0 Å². The van der Waals surface area contributed by atoms with Gasteiger partial charge in [-0.05, 0) is 31.5 Å². The number of carbonyl (C=O) groups is 1. The van der Waals surface area contributed by atoms with Gasteiger partial charge in [-0.25, -0.2) is 9.18 Å². The minimum atomic E-state index is -1.18. The van der Waals surface area contributed by atoms with Crippen LogP contribution in [0.25, 0.3) is 0 Å². The zero-order chi connectivity index (χ0) is 17.3. The van der Waals surface area contributed by atoms with Crippen molar-refractivity contribution in [2.24, 2.45) is 10.9 Å². The third kappa shape index (κ3) is 3.08. The van der Waals surface area contributed by atoms with E-state index in [1.807, 2.05) is 6.92 Å². The van der Waals surface area contributed by atoms with Crippen molar-refractivity contribution in [3.05, 3.63) is 29.6 Å². The number of anilines is 1. The fourth-order valence-electron chi connectivity index (χ4n) is 3.63. The maximum absolute atomic E-state index is 14.6. The minimum Gasteiger partial charge on any atom is -0.465 e. The highest BCUT2D eigenvalue weighted by atomic mass is 32.2.